The zero-order chi connectivity index (χ0) is 14.5. The second kappa shape index (κ2) is 7.20. The molecule has 2 N–H and O–H groups in total. The summed E-state index contributed by atoms with van der Waals surface area (Å²) >= 11 is 5.17. The fraction of sp³-hybridized carbons (Fsp3) is 0.400. The summed E-state index contributed by atoms with van der Waals surface area (Å²) in [4.78, 5) is 8.14. The number of hydrogen-bond donors (Lipinski definition) is 1. The molecule has 0 radical (unpaired) electrons. The molecule has 0 aliphatic carbocycles. The maximum atomic E-state index is 5.81. The highest BCUT2D eigenvalue weighted by molar-refractivity contribution is 9.10. The highest BCUT2D eigenvalue weighted by Crippen LogP contribution is 2.27. The minimum Gasteiger partial charge on any atom is -0.347 e. The number of nitrogens with two attached hydrogens (primary N) is 1. The van der Waals surface area contributed by atoms with Gasteiger partial charge in [0, 0.05) is 29.5 Å². The van der Waals surface area contributed by atoms with Gasteiger partial charge in [-0.05, 0) is 24.1 Å². The van der Waals surface area contributed by atoms with Crippen LogP contribution in [0.1, 0.15) is 29.5 Å². The first-order valence-electron chi connectivity index (χ1n) is 6.78. The summed E-state index contributed by atoms with van der Waals surface area (Å²) in [6.07, 6.45) is 2.11. The van der Waals surface area contributed by atoms with E-state index in [0.717, 1.165) is 34.7 Å². The van der Waals surface area contributed by atoms with Gasteiger partial charge in [0.1, 0.15) is 0 Å². The molecule has 0 saturated carbocycles. The summed E-state index contributed by atoms with van der Waals surface area (Å²) in [6.45, 7) is 3.61. The Morgan fingerprint density at radius 3 is 2.60 bits per heavy atom. The Bertz CT molecular complexity index is 551. The number of aromatic nitrogens is 1. The zero-order valence-corrected chi connectivity index (χ0v) is 14.3. The van der Waals surface area contributed by atoms with E-state index in [1.807, 2.05) is 0 Å². The van der Waals surface area contributed by atoms with Gasteiger partial charge in [-0.2, -0.15) is 0 Å². The quantitative estimate of drug-likeness (QED) is 0.854. The molecular weight excluding hydrogens is 334 g/mol. The van der Waals surface area contributed by atoms with Crippen molar-refractivity contribution in [3.05, 3.63) is 44.9 Å². The fourth-order valence-electron chi connectivity index (χ4n) is 2.06. The Kier molecular flexibility index (Phi) is 5.57. The van der Waals surface area contributed by atoms with Gasteiger partial charge >= 0.3 is 0 Å². The lowest BCUT2D eigenvalue weighted by Crippen LogP contribution is -2.16. The number of anilines is 1. The predicted octanol–water partition coefficient (Wildman–Crippen LogP) is 3.95. The van der Waals surface area contributed by atoms with Crippen LogP contribution in [0.4, 0.5) is 5.13 Å². The number of nitrogens with zero attached hydrogens (tertiary/aromatic N) is 2. The van der Waals surface area contributed by atoms with Crippen LogP contribution < -0.4 is 10.6 Å². The standard InChI is InChI=1S/C15H20BrN3S/c1-3-4-13-14(9-17)20-15(18-13)19(2)10-11-5-7-12(16)8-6-11/h5-8H,3-4,9-10,17H2,1-2H3. The normalized spacial score (nSPS) is 10.8. The van der Waals surface area contributed by atoms with Crippen LogP contribution in [0, 0.1) is 0 Å². The van der Waals surface area contributed by atoms with Crippen molar-refractivity contribution in [1.29, 1.82) is 0 Å². The van der Waals surface area contributed by atoms with Crippen LogP contribution in [0.5, 0.6) is 0 Å². The van der Waals surface area contributed by atoms with Gasteiger partial charge < -0.3 is 10.6 Å². The summed E-state index contributed by atoms with van der Waals surface area (Å²) in [5, 5.41) is 1.05. The van der Waals surface area contributed by atoms with E-state index in [-0.39, 0.29) is 0 Å². The topological polar surface area (TPSA) is 42.2 Å². The van der Waals surface area contributed by atoms with Crippen LogP contribution in [-0.4, -0.2) is 12.0 Å². The Morgan fingerprint density at radius 2 is 2.00 bits per heavy atom. The van der Waals surface area contributed by atoms with E-state index in [4.69, 9.17) is 10.7 Å². The molecule has 0 aliphatic heterocycles. The van der Waals surface area contributed by atoms with Crippen LogP contribution in [0.25, 0.3) is 0 Å². The lowest BCUT2D eigenvalue weighted by molar-refractivity contribution is 0.854. The Labute approximate surface area is 133 Å². The van der Waals surface area contributed by atoms with E-state index >= 15 is 0 Å². The molecule has 20 heavy (non-hydrogen) atoms. The third kappa shape index (κ3) is 3.81. The molecule has 0 unspecified atom stereocenters. The highest BCUT2D eigenvalue weighted by atomic mass is 79.9. The van der Waals surface area contributed by atoms with Gasteiger partial charge in [-0.1, -0.05) is 41.4 Å². The molecule has 0 atom stereocenters. The molecule has 1 aromatic heterocycles. The average molecular weight is 354 g/mol. The minimum atomic E-state index is 0.582. The van der Waals surface area contributed by atoms with E-state index in [9.17, 15) is 0 Å². The molecule has 0 saturated heterocycles. The summed E-state index contributed by atoms with van der Waals surface area (Å²) < 4.78 is 1.11. The second-order valence-corrected chi connectivity index (χ2v) is 6.78. The maximum absolute atomic E-state index is 5.81. The summed E-state index contributed by atoms with van der Waals surface area (Å²) in [7, 11) is 2.08. The largest absolute Gasteiger partial charge is 0.347 e. The third-order valence-electron chi connectivity index (χ3n) is 3.10. The number of rotatable bonds is 6. The molecule has 1 heterocycles. The first kappa shape index (κ1) is 15.5. The molecule has 108 valence electrons. The molecule has 1 aromatic carbocycles. The lowest BCUT2D eigenvalue weighted by Gasteiger charge is -2.15. The number of aryl methyl sites for hydroxylation is 1. The van der Waals surface area contributed by atoms with Crippen LogP contribution in [-0.2, 0) is 19.5 Å². The van der Waals surface area contributed by atoms with Crippen LogP contribution in [0.3, 0.4) is 0 Å². The molecule has 0 spiro atoms. The average Bonchev–Trinajstić information content (AvgIpc) is 2.85. The van der Waals surface area contributed by atoms with Crippen molar-refractivity contribution in [1.82, 2.24) is 4.98 Å². The fourth-order valence-corrected chi connectivity index (χ4v) is 3.27. The van der Waals surface area contributed by atoms with E-state index in [1.165, 1.54) is 10.4 Å². The second-order valence-electron chi connectivity index (χ2n) is 4.80. The Hall–Kier alpha value is -0.910. The molecule has 0 aliphatic rings. The Morgan fingerprint density at radius 1 is 1.30 bits per heavy atom. The van der Waals surface area contributed by atoms with Gasteiger partial charge in [-0.15, -0.1) is 11.3 Å². The van der Waals surface area contributed by atoms with Crippen LogP contribution >= 0.6 is 27.3 Å². The highest BCUT2D eigenvalue weighted by Gasteiger charge is 2.12. The van der Waals surface area contributed by atoms with E-state index in [1.54, 1.807) is 11.3 Å². The number of hydrogen-bond acceptors (Lipinski definition) is 4. The monoisotopic (exact) mass is 353 g/mol. The van der Waals surface area contributed by atoms with Gasteiger partial charge in [-0.3, -0.25) is 0 Å². The van der Waals surface area contributed by atoms with Crippen molar-refractivity contribution in [3.8, 4) is 0 Å². The molecule has 0 fully saturated rings. The van der Waals surface area contributed by atoms with Gasteiger partial charge in [0.05, 0.1) is 5.69 Å². The molecule has 0 bridgehead atoms. The van der Waals surface area contributed by atoms with Gasteiger partial charge in [-0.25, -0.2) is 4.98 Å². The van der Waals surface area contributed by atoms with Crippen molar-refractivity contribution < 1.29 is 0 Å². The summed E-state index contributed by atoms with van der Waals surface area (Å²) in [5.74, 6) is 0. The first-order valence-corrected chi connectivity index (χ1v) is 8.39. The van der Waals surface area contributed by atoms with Crippen molar-refractivity contribution in [2.24, 2.45) is 5.73 Å². The van der Waals surface area contributed by atoms with Crippen LogP contribution in [0.15, 0.2) is 28.7 Å². The van der Waals surface area contributed by atoms with E-state index in [2.05, 4.69) is 59.1 Å². The van der Waals surface area contributed by atoms with Crippen molar-refractivity contribution in [2.75, 3.05) is 11.9 Å². The predicted molar refractivity (Wildman–Crippen MR) is 90.2 cm³/mol. The maximum Gasteiger partial charge on any atom is 0.185 e. The molecule has 5 heteroatoms. The van der Waals surface area contributed by atoms with Gasteiger partial charge in [0.15, 0.2) is 5.13 Å². The molecule has 2 aromatic rings. The summed E-state index contributed by atoms with van der Waals surface area (Å²) in [6, 6.07) is 8.40. The number of halogens is 1. The smallest absolute Gasteiger partial charge is 0.185 e. The molecule has 3 nitrogen and oxygen atoms in total. The SMILES string of the molecule is CCCc1nc(N(C)Cc2ccc(Br)cc2)sc1CN. The minimum absolute atomic E-state index is 0.582. The van der Waals surface area contributed by atoms with E-state index in [0.29, 0.717) is 6.54 Å². The third-order valence-corrected chi connectivity index (χ3v) is 4.86. The molecular formula is C15H20BrN3S. The molecule has 0 amide bonds. The van der Waals surface area contributed by atoms with Crippen LogP contribution in [0.2, 0.25) is 0 Å². The van der Waals surface area contributed by atoms with Crippen molar-refractivity contribution >= 4 is 32.4 Å². The summed E-state index contributed by atoms with van der Waals surface area (Å²) in [5.41, 5.74) is 8.25. The van der Waals surface area contributed by atoms with E-state index < -0.39 is 0 Å². The van der Waals surface area contributed by atoms with Crippen molar-refractivity contribution in [3.63, 3.8) is 0 Å². The van der Waals surface area contributed by atoms with Gasteiger partial charge in [0.25, 0.3) is 0 Å². The number of benzene rings is 1. The molecule has 2 rings (SSSR count). The number of thiazole rings is 1. The van der Waals surface area contributed by atoms with Crippen molar-refractivity contribution in [2.45, 2.75) is 32.9 Å². The zero-order valence-electron chi connectivity index (χ0n) is 11.9. The Balaban J connectivity index is 2.12. The first-order chi connectivity index (χ1) is 9.63. The van der Waals surface area contributed by atoms with Gasteiger partial charge in [0.2, 0.25) is 0 Å². The lowest BCUT2D eigenvalue weighted by atomic mass is 10.2.